The van der Waals surface area contributed by atoms with Gasteiger partial charge >= 0.3 is 6.09 Å². The van der Waals surface area contributed by atoms with Gasteiger partial charge in [0.15, 0.2) is 0 Å². The minimum absolute atomic E-state index is 0.0738. The first-order valence-electron chi connectivity index (χ1n) is 7.85. The molecule has 2 amide bonds. The van der Waals surface area contributed by atoms with Crippen molar-refractivity contribution >= 4 is 23.4 Å². The van der Waals surface area contributed by atoms with Crippen LogP contribution in [0.5, 0.6) is 0 Å². The van der Waals surface area contributed by atoms with E-state index in [2.05, 4.69) is 11.9 Å². The van der Waals surface area contributed by atoms with Gasteiger partial charge in [0.1, 0.15) is 12.3 Å². The highest BCUT2D eigenvalue weighted by molar-refractivity contribution is 5.94. The molecular formula is C18H20N4O3. The number of ether oxygens (including phenoxy) is 1. The molecule has 7 nitrogen and oxygen atoms in total. The summed E-state index contributed by atoms with van der Waals surface area (Å²) >= 11 is 0. The Kier molecular flexibility index (Phi) is 4.47. The molecule has 7 heteroatoms. The summed E-state index contributed by atoms with van der Waals surface area (Å²) in [4.78, 5) is 26.0. The fraction of sp³-hybridized carbons (Fsp3) is 0.222. The van der Waals surface area contributed by atoms with Crippen molar-refractivity contribution in [3.63, 3.8) is 0 Å². The van der Waals surface area contributed by atoms with E-state index in [1.807, 2.05) is 12.1 Å². The molecule has 1 aromatic heterocycles. The smallest absolute Gasteiger partial charge is 0.411 e. The van der Waals surface area contributed by atoms with Gasteiger partial charge in [-0.2, -0.15) is 0 Å². The van der Waals surface area contributed by atoms with E-state index in [1.54, 1.807) is 34.8 Å². The van der Waals surface area contributed by atoms with Gasteiger partial charge in [-0.3, -0.25) is 10.1 Å². The number of aryl methyl sites for hydroxylation is 1. The molecule has 3 N–H and O–H groups in total. The number of hydrogen-bond donors (Lipinski definition) is 2. The molecule has 0 aliphatic carbocycles. The molecule has 0 bridgehead atoms. The number of amides is 2. The molecule has 0 spiro atoms. The molecule has 2 aromatic rings. The SMILES string of the molecule is C=CCOC(=O)Nc1ccc2c(c1)CN(C(=O)c1cc(N)cn1C)C2. The number of nitrogens with one attached hydrogen (secondary N) is 1. The van der Waals surface area contributed by atoms with Gasteiger partial charge in [0.25, 0.3) is 5.91 Å². The Labute approximate surface area is 145 Å². The molecule has 0 fully saturated rings. The lowest BCUT2D eigenvalue weighted by Gasteiger charge is -2.15. The first kappa shape index (κ1) is 16.6. The molecule has 1 aliphatic rings. The van der Waals surface area contributed by atoms with E-state index in [9.17, 15) is 9.59 Å². The minimum atomic E-state index is -0.537. The Balaban J connectivity index is 1.70. The zero-order chi connectivity index (χ0) is 18.0. The molecule has 0 unspecified atom stereocenters. The van der Waals surface area contributed by atoms with Crippen molar-refractivity contribution in [2.75, 3.05) is 17.7 Å². The molecule has 1 aliphatic heterocycles. The predicted octanol–water partition coefficient (Wildman–Crippen LogP) is 2.50. The Morgan fingerprint density at radius 3 is 2.76 bits per heavy atom. The second kappa shape index (κ2) is 6.72. The van der Waals surface area contributed by atoms with Gasteiger partial charge in [0.2, 0.25) is 0 Å². The molecule has 130 valence electrons. The van der Waals surface area contributed by atoms with E-state index in [0.29, 0.717) is 30.2 Å². The molecule has 3 rings (SSSR count). The van der Waals surface area contributed by atoms with E-state index >= 15 is 0 Å². The van der Waals surface area contributed by atoms with Crippen molar-refractivity contribution in [1.82, 2.24) is 9.47 Å². The monoisotopic (exact) mass is 340 g/mol. The molecule has 0 saturated carbocycles. The fourth-order valence-electron chi connectivity index (χ4n) is 2.87. The van der Waals surface area contributed by atoms with Crippen LogP contribution in [0.25, 0.3) is 0 Å². The molecule has 25 heavy (non-hydrogen) atoms. The predicted molar refractivity (Wildman–Crippen MR) is 95.0 cm³/mol. The number of nitrogens with zero attached hydrogens (tertiary/aromatic N) is 2. The van der Waals surface area contributed by atoms with Crippen molar-refractivity contribution in [2.24, 2.45) is 7.05 Å². The Morgan fingerprint density at radius 2 is 2.08 bits per heavy atom. The van der Waals surface area contributed by atoms with Crippen LogP contribution in [0.2, 0.25) is 0 Å². The topological polar surface area (TPSA) is 89.6 Å². The van der Waals surface area contributed by atoms with E-state index in [4.69, 9.17) is 10.5 Å². The van der Waals surface area contributed by atoms with E-state index in [1.165, 1.54) is 6.08 Å². The summed E-state index contributed by atoms with van der Waals surface area (Å²) in [7, 11) is 1.80. The zero-order valence-electron chi connectivity index (χ0n) is 14.0. The summed E-state index contributed by atoms with van der Waals surface area (Å²) in [5, 5.41) is 2.66. The van der Waals surface area contributed by atoms with Crippen LogP contribution in [0.1, 0.15) is 21.6 Å². The third-order valence-corrected chi connectivity index (χ3v) is 4.04. The number of hydrogen-bond acceptors (Lipinski definition) is 4. The average molecular weight is 340 g/mol. The number of benzene rings is 1. The number of carbonyl (C=O) groups is 2. The molecule has 1 aromatic carbocycles. The molecule has 0 radical (unpaired) electrons. The highest BCUT2D eigenvalue weighted by Crippen LogP contribution is 2.27. The Bertz CT molecular complexity index is 841. The van der Waals surface area contributed by atoms with Crippen LogP contribution in [-0.2, 0) is 24.9 Å². The summed E-state index contributed by atoms with van der Waals surface area (Å²) in [5.74, 6) is -0.0738. The Morgan fingerprint density at radius 1 is 1.32 bits per heavy atom. The van der Waals surface area contributed by atoms with Crippen LogP contribution in [0, 0.1) is 0 Å². The normalized spacial score (nSPS) is 12.6. The summed E-state index contributed by atoms with van der Waals surface area (Å²) in [6, 6.07) is 7.23. The highest BCUT2D eigenvalue weighted by Gasteiger charge is 2.26. The third kappa shape index (κ3) is 3.50. The number of aromatic nitrogens is 1. The lowest BCUT2D eigenvalue weighted by Crippen LogP contribution is -2.26. The number of anilines is 2. The lowest BCUT2D eigenvalue weighted by atomic mass is 10.1. The Hall–Kier alpha value is -3.22. The third-order valence-electron chi connectivity index (χ3n) is 4.04. The summed E-state index contributed by atoms with van der Waals surface area (Å²) in [6.45, 7) is 4.65. The van der Waals surface area contributed by atoms with E-state index < -0.39 is 6.09 Å². The first-order valence-corrected chi connectivity index (χ1v) is 7.85. The van der Waals surface area contributed by atoms with Crippen LogP contribution >= 0.6 is 0 Å². The van der Waals surface area contributed by atoms with E-state index in [-0.39, 0.29) is 12.5 Å². The summed E-state index contributed by atoms with van der Waals surface area (Å²) in [6.07, 6.45) is 2.68. The maximum absolute atomic E-state index is 12.7. The van der Waals surface area contributed by atoms with Crippen LogP contribution < -0.4 is 11.1 Å². The number of fused-ring (bicyclic) bond motifs is 1. The zero-order valence-corrected chi connectivity index (χ0v) is 14.0. The number of nitrogens with two attached hydrogens (primary N) is 1. The average Bonchev–Trinajstić information content (AvgIpc) is 3.14. The van der Waals surface area contributed by atoms with Gasteiger partial charge < -0.3 is 19.9 Å². The fourth-order valence-corrected chi connectivity index (χ4v) is 2.87. The van der Waals surface area contributed by atoms with Gasteiger partial charge in [0.05, 0.1) is 5.69 Å². The first-order chi connectivity index (χ1) is 12.0. The summed E-state index contributed by atoms with van der Waals surface area (Å²) in [5.41, 5.74) is 9.55. The summed E-state index contributed by atoms with van der Waals surface area (Å²) < 4.78 is 6.63. The second-order valence-corrected chi connectivity index (χ2v) is 5.93. The molecule has 0 saturated heterocycles. The van der Waals surface area contributed by atoms with Gasteiger partial charge in [-0.25, -0.2) is 4.79 Å². The number of carbonyl (C=O) groups excluding carboxylic acids is 2. The lowest BCUT2D eigenvalue weighted by molar-refractivity contribution is 0.0741. The van der Waals surface area contributed by atoms with Crippen molar-refractivity contribution in [2.45, 2.75) is 13.1 Å². The maximum atomic E-state index is 12.7. The standard InChI is InChI=1S/C18H20N4O3/c1-3-6-25-18(24)20-15-5-4-12-9-22(10-13(12)7-15)17(23)16-8-14(19)11-21(16)2/h3-5,7-8,11H,1,6,9-10,19H2,2H3,(H,20,24). The van der Waals surface area contributed by atoms with Gasteiger partial charge in [0, 0.05) is 32.0 Å². The van der Waals surface area contributed by atoms with Crippen molar-refractivity contribution in [1.29, 1.82) is 0 Å². The molecular weight excluding hydrogens is 320 g/mol. The van der Waals surface area contributed by atoms with Gasteiger partial charge in [-0.1, -0.05) is 18.7 Å². The van der Waals surface area contributed by atoms with Crippen LogP contribution in [0.15, 0.2) is 43.1 Å². The van der Waals surface area contributed by atoms with Crippen LogP contribution in [-0.4, -0.2) is 28.1 Å². The van der Waals surface area contributed by atoms with E-state index in [0.717, 1.165) is 11.1 Å². The van der Waals surface area contributed by atoms with Crippen LogP contribution in [0.4, 0.5) is 16.2 Å². The maximum Gasteiger partial charge on any atom is 0.411 e. The second-order valence-electron chi connectivity index (χ2n) is 5.93. The van der Waals surface area contributed by atoms with Gasteiger partial charge in [-0.05, 0) is 29.3 Å². The van der Waals surface area contributed by atoms with Crippen molar-refractivity contribution in [3.05, 3.63) is 59.9 Å². The molecule has 0 atom stereocenters. The van der Waals surface area contributed by atoms with Crippen LogP contribution in [0.3, 0.4) is 0 Å². The quantitative estimate of drug-likeness (QED) is 0.837. The largest absolute Gasteiger partial charge is 0.445 e. The molecule has 2 heterocycles. The van der Waals surface area contributed by atoms with Crippen molar-refractivity contribution in [3.8, 4) is 0 Å². The van der Waals surface area contributed by atoms with Gasteiger partial charge in [-0.15, -0.1) is 0 Å². The highest BCUT2D eigenvalue weighted by atomic mass is 16.5. The van der Waals surface area contributed by atoms with Crippen molar-refractivity contribution < 1.29 is 14.3 Å². The number of nitrogen functional groups attached to an aromatic ring is 1. The minimum Gasteiger partial charge on any atom is -0.445 e. The number of rotatable bonds is 4.